The number of aliphatic imine (C=N–C) groups is 1. The standard InChI is InChI=1S/C19H31FN4O3S2/c1-21-19(22-10-4-13-28-18-8-6-16(20)7-9-18)23-11-14-29(25,26)24-15-17-5-2-3-12-27-17/h6-9,17,24H,2-5,10-15H2,1H3,(H2,21,22,23). The maximum Gasteiger partial charge on any atom is 0.213 e. The van der Waals surface area contributed by atoms with Gasteiger partial charge in [-0.1, -0.05) is 0 Å². The first-order valence-electron chi connectivity index (χ1n) is 9.90. The van der Waals surface area contributed by atoms with Crippen molar-refractivity contribution < 1.29 is 17.5 Å². The quantitative estimate of drug-likeness (QED) is 0.208. The number of nitrogens with one attached hydrogen (secondary N) is 3. The fourth-order valence-electron chi connectivity index (χ4n) is 2.78. The molecule has 0 aliphatic carbocycles. The summed E-state index contributed by atoms with van der Waals surface area (Å²) in [7, 11) is -1.70. The van der Waals surface area contributed by atoms with E-state index in [0.29, 0.717) is 25.7 Å². The van der Waals surface area contributed by atoms with E-state index in [1.165, 1.54) is 12.1 Å². The molecule has 0 aromatic heterocycles. The van der Waals surface area contributed by atoms with E-state index >= 15 is 0 Å². The lowest BCUT2D eigenvalue weighted by atomic mass is 10.1. The van der Waals surface area contributed by atoms with Crippen LogP contribution in [0.1, 0.15) is 25.7 Å². The van der Waals surface area contributed by atoms with Gasteiger partial charge in [0.2, 0.25) is 10.0 Å². The van der Waals surface area contributed by atoms with Gasteiger partial charge in [0.25, 0.3) is 0 Å². The van der Waals surface area contributed by atoms with Crippen molar-refractivity contribution in [3.8, 4) is 0 Å². The first-order valence-corrected chi connectivity index (χ1v) is 12.5. The topological polar surface area (TPSA) is 91.8 Å². The molecule has 0 bridgehead atoms. The zero-order chi connectivity index (χ0) is 21.0. The molecule has 2 rings (SSSR count). The molecule has 1 aliphatic heterocycles. The van der Waals surface area contributed by atoms with Gasteiger partial charge in [0.05, 0.1) is 11.9 Å². The molecule has 1 fully saturated rings. The van der Waals surface area contributed by atoms with Gasteiger partial charge >= 0.3 is 0 Å². The Morgan fingerprint density at radius 1 is 1.24 bits per heavy atom. The van der Waals surface area contributed by atoms with E-state index in [4.69, 9.17) is 4.74 Å². The Morgan fingerprint density at radius 2 is 2.00 bits per heavy atom. The number of sulfonamides is 1. The average Bonchev–Trinajstić information content (AvgIpc) is 2.73. The summed E-state index contributed by atoms with van der Waals surface area (Å²) in [4.78, 5) is 5.14. The van der Waals surface area contributed by atoms with E-state index in [1.54, 1.807) is 30.9 Å². The van der Waals surface area contributed by atoms with E-state index in [9.17, 15) is 12.8 Å². The van der Waals surface area contributed by atoms with Crippen LogP contribution in [0.3, 0.4) is 0 Å². The summed E-state index contributed by atoms with van der Waals surface area (Å²) in [5.41, 5.74) is 0. The van der Waals surface area contributed by atoms with Crippen LogP contribution in [0.15, 0.2) is 34.2 Å². The molecule has 10 heteroatoms. The van der Waals surface area contributed by atoms with Crippen LogP contribution in [0.25, 0.3) is 0 Å². The van der Waals surface area contributed by atoms with Crippen LogP contribution < -0.4 is 15.4 Å². The lowest BCUT2D eigenvalue weighted by Gasteiger charge is -2.22. The monoisotopic (exact) mass is 446 g/mol. The Kier molecular flexibility index (Phi) is 10.8. The van der Waals surface area contributed by atoms with Crippen LogP contribution in [-0.4, -0.2) is 65.3 Å². The molecule has 3 N–H and O–H groups in total. The van der Waals surface area contributed by atoms with Crippen molar-refractivity contribution in [1.29, 1.82) is 0 Å². The number of nitrogens with zero attached hydrogens (tertiary/aromatic N) is 1. The fraction of sp³-hybridized carbons (Fsp3) is 0.632. The lowest BCUT2D eigenvalue weighted by molar-refractivity contribution is 0.0200. The number of ether oxygens (including phenoxy) is 1. The minimum atomic E-state index is -3.35. The predicted octanol–water partition coefficient (Wildman–Crippen LogP) is 1.96. The number of rotatable bonds is 11. The molecule has 7 nitrogen and oxygen atoms in total. The highest BCUT2D eigenvalue weighted by Crippen LogP contribution is 2.18. The van der Waals surface area contributed by atoms with Crippen molar-refractivity contribution in [3.05, 3.63) is 30.1 Å². The lowest BCUT2D eigenvalue weighted by Crippen LogP contribution is -2.42. The minimum absolute atomic E-state index is 0.0197. The zero-order valence-corrected chi connectivity index (χ0v) is 18.5. The van der Waals surface area contributed by atoms with Gasteiger partial charge in [-0.05, 0) is 55.7 Å². The third kappa shape index (κ3) is 10.3. The summed E-state index contributed by atoms with van der Waals surface area (Å²) in [6.45, 7) is 2.02. The Morgan fingerprint density at radius 3 is 2.69 bits per heavy atom. The Hall–Kier alpha value is -1.36. The van der Waals surface area contributed by atoms with Gasteiger partial charge in [-0.25, -0.2) is 17.5 Å². The number of halogens is 1. The largest absolute Gasteiger partial charge is 0.377 e. The molecule has 1 unspecified atom stereocenters. The van der Waals surface area contributed by atoms with Gasteiger partial charge in [0.1, 0.15) is 5.82 Å². The molecule has 0 radical (unpaired) electrons. The molecule has 1 aromatic rings. The number of benzene rings is 1. The van der Waals surface area contributed by atoms with Crippen LogP contribution in [0.2, 0.25) is 0 Å². The van der Waals surface area contributed by atoms with Gasteiger partial charge in [-0.2, -0.15) is 0 Å². The highest BCUT2D eigenvalue weighted by atomic mass is 32.2. The molecule has 1 aliphatic rings. The Bertz CT molecular complexity index is 723. The highest BCUT2D eigenvalue weighted by Gasteiger charge is 2.17. The molecule has 0 spiro atoms. The van der Waals surface area contributed by atoms with Crippen molar-refractivity contribution >= 4 is 27.7 Å². The molecule has 29 heavy (non-hydrogen) atoms. The van der Waals surface area contributed by atoms with Crippen molar-refractivity contribution in [2.45, 2.75) is 36.7 Å². The highest BCUT2D eigenvalue weighted by molar-refractivity contribution is 7.99. The SMILES string of the molecule is CN=C(NCCCSc1ccc(F)cc1)NCCS(=O)(=O)NCC1CCCCO1. The molecule has 164 valence electrons. The summed E-state index contributed by atoms with van der Waals surface area (Å²) < 4.78 is 45.2. The van der Waals surface area contributed by atoms with Crippen molar-refractivity contribution in [2.24, 2.45) is 4.99 Å². The van der Waals surface area contributed by atoms with Crippen LogP contribution >= 0.6 is 11.8 Å². The van der Waals surface area contributed by atoms with Crippen molar-refractivity contribution in [2.75, 3.05) is 44.8 Å². The van der Waals surface area contributed by atoms with Crippen LogP contribution in [0.5, 0.6) is 0 Å². The number of thioether (sulfide) groups is 1. The van der Waals surface area contributed by atoms with Crippen molar-refractivity contribution in [1.82, 2.24) is 15.4 Å². The number of guanidine groups is 1. The van der Waals surface area contributed by atoms with Crippen molar-refractivity contribution in [3.63, 3.8) is 0 Å². The molecular weight excluding hydrogens is 415 g/mol. The smallest absolute Gasteiger partial charge is 0.213 e. The van der Waals surface area contributed by atoms with Gasteiger partial charge in [0.15, 0.2) is 5.96 Å². The van der Waals surface area contributed by atoms with E-state index in [1.807, 2.05) is 0 Å². The normalized spacial score (nSPS) is 17.9. The second-order valence-corrected chi connectivity index (χ2v) is 9.83. The van der Waals surface area contributed by atoms with Gasteiger partial charge < -0.3 is 15.4 Å². The molecule has 1 saturated heterocycles. The van der Waals surface area contributed by atoms with Crippen LogP contribution in [0, 0.1) is 5.82 Å². The molecule has 0 saturated carbocycles. The third-order valence-electron chi connectivity index (χ3n) is 4.39. The second kappa shape index (κ2) is 13.0. The van der Waals surface area contributed by atoms with Crippen LogP contribution in [-0.2, 0) is 14.8 Å². The van der Waals surface area contributed by atoms with E-state index in [-0.39, 0.29) is 24.2 Å². The Labute approximate surface area is 177 Å². The number of hydrogen-bond acceptors (Lipinski definition) is 5. The van der Waals surface area contributed by atoms with E-state index < -0.39 is 10.0 Å². The van der Waals surface area contributed by atoms with Crippen LogP contribution in [0.4, 0.5) is 4.39 Å². The third-order valence-corrected chi connectivity index (χ3v) is 6.83. The minimum Gasteiger partial charge on any atom is -0.377 e. The van der Waals surface area contributed by atoms with Gasteiger partial charge in [-0.3, -0.25) is 4.99 Å². The molecule has 1 atom stereocenters. The number of hydrogen-bond donors (Lipinski definition) is 3. The first-order chi connectivity index (χ1) is 14.0. The first kappa shape index (κ1) is 23.9. The molecule has 1 aromatic carbocycles. The van der Waals surface area contributed by atoms with E-state index in [2.05, 4.69) is 20.3 Å². The Balaban J connectivity index is 1.56. The second-order valence-electron chi connectivity index (χ2n) is 6.74. The maximum absolute atomic E-state index is 12.9. The fourth-order valence-corrected chi connectivity index (χ4v) is 4.59. The summed E-state index contributed by atoms with van der Waals surface area (Å²) in [5.74, 6) is 1.20. The van der Waals surface area contributed by atoms with E-state index in [0.717, 1.165) is 36.3 Å². The summed E-state index contributed by atoms with van der Waals surface area (Å²) >= 11 is 1.66. The molecular formula is C19H31FN4O3S2. The summed E-state index contributed by atoms with van der Waals surface area (Å²) in [5, 5.41) is 6.18. The van der Waals surface area contributed by atoms with Gasteiger partial charge in [-0.15, -0.1) is 11.8 Å². The molecule has 1 heterocycles. The predicted molar refractivity (Wildman–Crippen MR) is 116 cm³/mol. The summed E-state index contributed by atoms with van der Waals surface area (Å²) in [6.07, 6.45) is 3.90. The van der Waals surface area contributed by atoms with Gasteiger partial charge in [0, 0.05) is 38.2 Å². The summed E-state index contributed by atoms with van der Waals surface area (Å²) in [6, 6.07) is 6.44. The molecule has 0 amide bonds. The zero-order valence-electron chi connectivity index (χ0n) is 16.8. The maximum atomic E-state index is 12.9. The average molecular weight is 447 g/mol.